The number of likely N-dealkylation sites (tertiary alicyclic amines) is 1. The molecule has 0 spiro atoms. The van der Waals surface area contributed by atoms with Gasteiger partial charge >= 0.3 is 0 Å². The summed E-state index contributed by atoms with van der Waals surface area (Å²) < 4.78 is 18.8. The van der Waals surface area contributed by atoms with E-state index in [-0.39, 0.29) is 23.7 Å². The molecule has 1 unspecified atom stereocenters. The van der Waals surface area contributed by atoms with Gasteiger partial charge in [0.1, 0.15) is 17.3 Å². The van der Waals surface area contributed by atoms with E-state index in [1.165, 1.54) is 24.1 Å². The molecule has 0 radical (unpaired) electrons. The third-order valence-electron chi connectivity index (χ3n) is 5.97. The lowest BCUT2D eigenvalue weighted by Gasteiger charge is -2.25. The van der Waals surface area contributed by atoms with Crippen LogP contribution in [0.5, 0.6) is 5.75 Å². The van der Waals surface area contributed by atoms with Gasteiger partial charge in [-0.25, -0.2) is 4.39 Å². The first-order valence-corrected chi connectivity index (χ1v) is 10.9. The number of aryl methyl sites for hydroxylation is 2. The minimum absolute atomic E-state index is 0.0135. The van der Waals surface area contributed by atoms with Gasteiger partial charge in [-0.15, -0.1) is 0 Å². The van der Waals surface area contributed by atoms with Crippen LogP contribution in [-0.4, -0.2) is 40.3 Å². The molecular formula is C27H25FN2O4. The van der Waals surface area contributed by atoms with Crippen LogP contribution < -0.4 is 4.74 Å². The number of carbonyl (C=O) groups is 2. The van der Waals surface area contributed by atoms with E-state index in [1.54, 1.807) is 42.7 Å². The fourth-order valence-corrected chi connectivity index (χ4v) is 4.44. The Morgan fingerprint density at radius 3 is 2.53 bits per heavy atom. The summed E-state index contributed by atoms with van der Waals surface area (Å²) in [6.07, 6.45) is 3.59. The lowest BCUT2D eigenvalue weighted by Crippen LogP contribution is -2.31. The van der Waals surface area contributed by atoms with Gasteiger partial charge in [0.15, 0.2) is 0 Å². The number of aromatic nitrogens is 1. The molecule has 1 fully saturated rings. The van der Waals surface area contributed by atoms with Crippen LogP contribution in [0.3, 0.4) is 0 Å². The van der Waals surface area contributed by atoms with E-state index < -0.39 is 17.7 Å². The van der Waals surface area contributed by atoms with Crippen molar-refractivity contribution in [2.24, 2.45) is 0 Å². The zero-order chi connectivity index (χ0) is 24.4. The molecular weight excluding hydrogens is 435 g/mol. The van der Waals surface area contributed by atoms with Gasteiger partial charge in [-0.05, 0) is 66.8 Å². The zero-order valence-electron chi connectivity index (χ0n) is 19.2. The normalized spacial score (nSPS) is 17.3. The Morgan fingerprint density at radius 2 is 1.88 bits per heavy atom. The Hall–Kier alpha value is -4.00. The summed E-state index contributed by atoms with van der Waals surface area (Å²) in [5.41, 5.74) is 3.44. The van der Waals surface area contributed by atoms with Crippen LogP contribution in [0.2, 0.25) is 0 Å². The van der Waals surface area contributed by atoms with Gasteiger partial charge < -0.3 is 14.7 Å². The summed E-state index contributed by atoms with van der Waals surface area (Å²) in [5, 5.41) is 11.4. The van der Waals surface area contributed by atoms with Crippen LogP contribution in [0.1, 0.15) is 33.9 Å². The molecule has 3 aromatic rings. The summed E-state index contributed by atoms with van der Waals surface area (Å²) in [6.45, 7) is 3.93. The van der Waals surface area contributed by atoms with Gasteiger partial charge in [0.05, 0.1) is 24.3 Å². The van der Waals surface area contributed by atoms with E-state index in [0.717, 1.165) is 16.7 Å². The van der Waals surface area contributed by atoms with E-state index in [1.807, 2.05) is 19.9 Å². The number of rotatable bonds is 6. The number of ether oxygens (including phenoxy) is 1. The first kappa shape index (κ1) is 23.2. The molecule has 6 nitrogen and oxygen atoms in total. The molecule has 0 aliphatic carbocycles. The van der Waals surface area contributed by atoms with Crippen LogP contribution >= 0.6 is 0 Å². The number of ketones is 1. The maximum Gasteiger partial charge on any atom is 0.295 e. The molecule has 0 saturated carbocycles. The van der Waals surface area contributed by atoms with Crippen LogP contribution in [0.15, 0.2) is 66.5 Å². The molecule has 7 heteroatoms. The predicted molar refractivity (Wildman–Crippen MR) is 126 cm³/mol. The molecule has 1 saturated heterocycles. The largest absolute Gasteiger partial charge is 0.507 e. The maximum atomic E-state index is 13.3. The molecule has 0 bridgehead atoms. The van der Waals surface area contributed by atoms with Crippen LogP contribution in [-0.2, 0) is 16.0 Å². The molecule has 2 heterocycles. The number of hydrogen-bond acceptors (Lipinski definition) is 5. The second kappa shape index (κ2) is 9.47. The lowest BCUT2D eigenvalue weighted by molar-refractivity contribution is -0.139. The molecule has 4 rings (SSSR count). The van der Waals surface area contributed by atoms with Crippen molar-refractivity contribution in [1.82, 2.24) is 9.88 Å². The van der Waals surface area contributed by atoms with Crippen LogP contribution in [0.4, 0.5) is 4.39 Å². The lowest BCUT2D eigenvalue weighted by atomic mass is 9.94. The van der Waals surface area contributed by atoms with Crippen LogP contribution in [0, 0.1) is 19.7 Å². The smallest absolute Gasteiger partial charge is 0.295 e. The van der Waals surface area contributed by atoms with E-state index >= 15 is 0 Å². The van der Waals surface area contributed by atoms with Gasteiger partial charge in [-0.2, -0.15) is 0 Å². The molecule has 1 atom stereocenters. The second-order valence-corrected chi connectivity index (χ2v) is 8.32. The average Bonchev–Trinajstić information content (AvgIpc) is 3.08. The Morgan fingerprint density at radius 1 is 1.15 bits per heavy atom. The quantitative estimate of drug-likeness (QED) is 0.333. The highest BCUT2D eigenvalue weighted by molar-refractivity contribution is 6.46. The van der Waals surface area contributed by atoms with Crippen molar-refractivity contribution >= 4 is 17.4 Å². The highest BCUT2D eigenvalue weighted by Crippen LogP contribution is 2.41. The topological polar surface area (TPSA) is 79.7 Å². The zero-order valence-corrected chi connectivity index (χ0v) is 19.2. The number of carbonyl (C=O) groups excluding carboxylic acids is 2. The van der Waals surface area contributed by atoms with Gasteiger partial charge in [0.2, 0.25) is 0 Å². The Kier molecular flexibility index (Phi) is 6.45. The van der Waals surface area contributed by atoms with Crippen molar-refractivity contribution in [2.75, 3.05) is 13.7 Å². The van der Waals surface area contributed by atoms with Crippen molar-refractivity contribution in [2.45, 2.75) is 26.3 Å². The summed E-state index contributed by atoms with van der Waals surface area (Å²) >= 11 is 0. The second-order valence-electron chi connectivity index (χ2n) is 8.32. The van der Waals surface area contributed by atoms with Crippen molar-refractivity contribution in [3.63, 3.8) is 0 Å². The van der Waals surface area contributed by atoms with Crippen LogP contribution in [0.25, 0.3) is 5.76 Å². The monoisotopic (exact) mass is 460 g/mol. The van der Waals surface area contributed by atoms with Crippen molar-refractivity contribution in [1.29, 1.82) is 0 Å². The van der Waals surface area contributed by atoms with Gasteiger partial charge in [-0.3, -0.25) is 14.6 Å². The van der Waals surface area contributed by atoms with Crippen molar-refractivity contribution in [3.05, 3.63) is 100 Å². The van der Waals surface area contributed by atoms with E-state index in [9.17, 15) is 19.1 Å². The average molecular weight is 461 g/mol. The van der Waals surface area contributed by atoms with E-state index in [0.29, 0.717) is 23.3 Å². The van der Waals surface area contributed by atoms with Gasteiger partial charge in [0.25, 0.3) is 11.7 Å². The summed E-state index contributed by atoms with van der Waals surface area (Å²) in [5.74, 6) is -1.68. The number of Topliss-reactive ketones (excluding diaryl/α,β-unsaturated/α-hetero) is 1. The molecule has 1 N–H and O–H groups in total. The van der Waals surface area contributed by atoms with Crippen molar-refractivity contribution < 1.29 is 23.8 Å². The van der Waals surface area contributed by atoms with Gasteiger partial charge in [0, 0.05) is 18.9 Å². The van der Waals surface area contributed by atoms with Crippen molar-refractivity contribution in [3.8, 4) is 5.75 Å². The number of methoxy groups -OCH3 is 1. The summed E-state index contributed by atoms with van der Waals surface area (Å²) in [6, 6.07) is 12.3. The minimum Gasteiger partial charge on any atom is -0.507 e. The SMILES string of the molecule is COc1c(C)cc(C)cc1/C(O)=C1\C(=O)C(=O)N(CCc2ccc(F)cc2)C1c1cccnc1. The fraction of sp³-hybridized carbons (Fsp3) is 0.222. The highest BCUT2D eigenvalue weighted by atomic mass is 19.1. The summed E-state index contributed by atoms with van der Waals surface area (Å²) in [4.78, 5) is 31.9. The predicted octanol–water partition coefficient (Wildman–Crippen LogP) is 4.51. The first-order chi connectivity index (χ1) is 16.3. The molecule has 2 aromatic carbocycles. The minimum atomic E-state index is -0.820. The molecule has 1 amide bonds. The number of benzene rings is 2. The van der Waals surface area contributed by atoms with E-state index in [2.05, 4.69) is 4.98 Å². The Labute approximate surface area is 197 Å². The third-order valence-corrected chi connectivity index (χ3v) is 5.97. The molecule has 1 aliphatic heterocycles. The molecule has 1 aliphatic rings. The Bertz CT molecular complexity index is 1270. The molecule has 174 valence electrons. The number of pyridine rings is 1. The number of aliphatic hydroxyl groups excluding tert-OH is 1. The number of hydrogen-bond donors (Lipinski definition) is 1. The molecule has 1 aromatic heterocycles. The maximum absolute atomic E-state index is 13.3. The number of amides is 1. The first-order valence-electron chi connectivity index (χ1n) is 10.9. The fourth-order valence-electron chi connectivity index (χ4n) is 4.44. The number of nitrogens with zero attached hydrogens (tertiary/aromatic N) is 2. The van der Waals surface area contributed by atoms with Gasteiger partial charge in [-0.1, -0.05) is 24.3 Å². The number of halogens is 1. The number of aliphatic hydroxyl groups is 1. The Balaban J connectivity index is 1.82. The third kappa shape index (κ3) is 4.29. The standard InChI is InChI=1S/C27H25FN2O4/c1-16-13-17(2)26(34-3)21(14-16)24(31)22-23(19-5-4-11-29-15-19)30(27(33)25(22)32)12-10-18-6-8-20(28)9-7-18/h4-9,11,13-15,23,31H,10,12H2,1-3H3/b24-22+. The highest BCUT2D eigenvalue weighted by Gasteiger charge is 2.46. The molecule has 34 heavy (non-hydrogen) atoms. The van der Waals surface area contributed by atoms with E-state index in [4.69, 9.17) is 4.74 Å². The summed E-state index contributed by atoms with van der Waals surface area (Å²) in [7, 11) is 1.49.